The number of unbranched alkanes of at least 4 members (excludes halogenated alkanes) is 8. The zero-order valence-corrected chi connectivity index (χ0v) is 18.5. The van der Waals surface area contributed by atoms with Gasteiger partial charge in [0.15, 0.2) is 5.78 Å². The number of carbonyl (C=O) groups is 4. The van der Waals surface area contributed by atoms with Crippen LogP contribution in [0, 0.1) is 0 Å². The van der Waals surface area contributed by atoms with E-state index in [-0.39, 0.29) is 71.4 Å². The van der Waals surface area contributed by atoms with Gasteiger partial charge in [0.05, 0.1) is 6.04 Å². The second kappa shape index (κ2) is 37.3. The number of nitrogens with two attached hydrogens (primary N) is 2. The van der Waals surface area contributed by atoms with Crippen molar-refractivity contribution >= 4 is 82.8 Å². The predicted molar refractivity (Wildman–Crippen MR) is 128 cm³/mol. The molecule has 0 aromatic rings. The van der Waals surface area contributed by atoms with Crippen molar-refractivity contribution in [2.75, 3.05) is 6.54 Å². The molecule has 0 aliphatic heterocycles. The standard InChI is InChI=1S/C14H30N2O.3C2H4O2.2Na.2H/c1-2-3-4-5-6-7-8-9-10-11-14(17)13(16)12-15;3*1-2(3)4;;;;/h13H,2-12,15-16H2,1H3;3*1H3,(H,3,4);;;;. The molecule has 0 aliphatic rings. The molecule has 0 rings (SSSR count). The number of rotatable bonds is 12. The minimum atomic E-state index is -0.833. The van der Waals surface area contributed by atoms with Gasteiger partial charge < -0.3 is 26.8 Å². The average molecular weight is 471 g/mol. The van der Waals surface area contributed by atoms with E-state index in [1.54, 1.807) is 0 Å². The number of hydrogen-bond donors (Lipinski definition) is 5. The summed E-state index contributed by atoms with van der Waals surface area (Å²) in [5.41, 5.74) is 10.9. The fraction of sp³-hybridized carbons (Fsp3) is 0.800. The van der Waals surface area contributed by atoms with Crippen molar-refractivity contribution in [3.05, 3.63) is 0 Å². The molecular weight excluding hydrogens is 426 g/mol. The van der Waals surface area contributed by atoms with Crippen molar-refractivity contribution in [2.45, 2.75) is 97.9 Å². The quantitative estimate of drug-likeness (QED) is 0.209. The van der Waals surface area contributed by atoms with Crippen molar-refractivity contribution in [3.8, 4) is 0 Å². The van der Waals surface area contributed by atoms with Crippen LogP contribution >= 0.6 is 0 Å². The van der Waals surface area contributed by atoms with Crippen LogP contribution in [0.3, 0.4) is 0 Å². The van der Waals surface area contributed by atoms with Gasteiger partial charge in [0.2, 0.25) is 0 Å². The molecule has 11 heteroatoms. The zero-order valence-electron chi connectivity index (χ0n) is 18.5. The SMILES string of the molecule is CC(=O)O.CC(=O)O.CC(=O)O.CCCCCCCCCCCC(=O)C(N)CN.[NaH].[NaH]. The maximum absolute atomic E-state index is 11.4. The van der Waals surface area contributed by atoms with Crippen molar-refractivity contribution in [3.63, 3.8) is 0 Å². The number of carbonyl (C=O) groups excluding carboxylic acids is 1. The molecule has 178 valence electrons. The third kappa shape index (κ3) is 81.4. The third-order valence-electron chi connectivity index (χ3n) is 3.19. The Kier molecular flexibility index (Phi) is 53.7. The monoisotopic (exact) mass is 470 g/mol. The van der Waals surface area contributed by atoms with Crippen LogP contribution in [0.1, 0.15) is 91.9 Å². The molecule has 0 radical (unpaired) electrons. The van der Waals surface area contributed by atoms with Crippen LogP contribution in [0.4, 0.5) is 0 Å². The summed E-state index contributed by atoms with van der Waals surface area (Å²) < 4.78 is 0. The van der Waals surface area contributed by atoms with E-state index < -0.39 is 23.9 Å². The van der Waals surface area contributed by atoms with Crippen LogP contribution in [-0.2, 0) is 19.2 Å². The topological polar surface area (TPSA) is 181 Å². The fourth-order valence-electron chi connectivity index (χ4n) is 1.93. The summed E-state index contributed by atoms with van der Waals surface area (Å²) in [4.78, 5) is 38.4. The Morgan fingerprint density at radius 1 is 0.677 bits per heavy atom. The molecule has 0 fully saturated rings. The summed E-state index contributed by atoms with van der Waals surface area (Å²) in [6.45, 7) is 5.76. The van der Waals surface area contributed by atoms with Gasteiger partial charge in [0.25, 0.3) is 17.9 Å². The molecule has 1 unspecified atom stereocenters. The fourth-order valence-corrected chi connectivity index (χ4v) is 1.93. The van der Waals surface area contributed by atoms with Crippen LogP contribution < -0.4 is 11.5 Å². The normalized spacial score (nSPS) is 9.35. The zero-order chi connectivity index (χ0) is 23.7. The van der Waals surface area contributed by atoms with E-state index in [1.807, 2.05) is 0 Å². The first-order valence-corrected chi connectivity index (χ1v) is 9.99. The second-order valence-corrected chi connectivity index (χ2v) is 6.44. The van der Waals surface area contributed by atoms with Crippen LogP contribution in [0.2, 0.25) is 0 Å². The molecule has 9 nitrogen and oxygen atoms in total. The van der Waals surface area contributed by atoms with E-state index in [4.69, 9.17) is 41.2 Å². The molecule has 0 spiro atoms. The molecule has 1 atom stereocenters. The number of carboxylic acids is 3. The molecule has 0 aromatic heterocycles. The van der Waals surface area contributed by atoms with Crippen molar-refractivity contribution in [1.82, 2.24) is 0 Å². The summed E-state index contributed by atoms with van der Waals surface area (Å²) >= 11 is 0. The molecule has 7 N–H and O–H groups in total. The predicted octanol–water partition coefficient (Wildman–Crippen LogP) is 1.74. The Morgan fingerprint density at radius 3 is 1.19 bits per heavy atom. The maximum atomic E-state index is 11.4. The number of ketones is 1. The van der Waals surface area contributed by atoms with Gasteiger partial charge in [-0.2, -0.15) is 0 Å². The van der Waals surface area contributed by atoms with Gasteiger partial charge in [-0.1, -0.05) is 58.3 Å². The summed E-state index contributed by atoms with van der Waals surface area (Å²) in [5, 5.41) is 22.2. The van der Waals surface area contributed by atoms with Gasteiger partial charge in [-0.15, -0.1) is 0 Å². The Balaban J connectivity index is -0.0000000923. The minimum absolute atomic E-state index is 0. The Hall–Kier alpha value is 0.000000000000000222. The van der Waals surface area contributed by atoms with E-state index in [0.29, 0.717) is 6.42 Å². The van der Waals surface area contributed by atoms with E-state index in [9.17, 15) is 4.79 Å². The molecule has 31 heavy (non-hydrogen) atoms. The van der Waals surface area contributed by atoms with Gasteiger partial charge in [-0.3, -0.25) is 19.2 Å². The van der Waals surface area contributed by atoms with Gasteiger partial charge in [-0.05, 0) is 6.42 Å². The summed E-state index contributed by atoms with van der Waals surface area (Å²) in [6, 6.07) is -0.441. The molecule has 0 saturated heterocycles. The number of Topliss-reactive ketones (excluding diaryl/α,β-unsaturated/α-hetero) is 1. The second-order valence-electron chi connectivity index (χ2n) is 6.44. The van der Waals surface area contributed by atoms with E-state index in [1.165, 1.54) is 44.9 Å². The Labute approximate surface area is 231 Å². The van der Waals surface area contributed by atoms with Gasteiger partial charge in [-0.25, -0.2) is 0 Å². The number of aliphatic carboxylic acids is 3. The van der Waals surface area contributed by atoms with E-state index in [0.717, 1.165) is 33.6 Å². The van der Waals surface area contributed by atoms with Crippen LogP contribution in [0.15, 0.2) is 0 Å². The van der Waals surface area contributed by atoms with Crippen LogP contribution in [0.5, 0.6) is 0 Å². The molecule has 0 amide bonds. The molecule has 0 aromatic carbocycles. The first kappa shape index (κ1) is 44.6. The molecule has 0 bridgehead atoms. The van der Waals surface area contributed by atoms with Crippen molar-refractivity contribution in [2.24, 2.45) is 11.5 Å². The van der Waals surface area contributed by atoms with Gasteiger partial charge in [0.1, 0.15) is 0 Å². The molecule has 0 aliphatic carbocycles. The Morgan fingerprint density at radius 2 is 0.935 bits per heavy atom. The summed E-state index contributed by atoms with van der Waals surface area (Å²) in [5.74, 6) is -2.38. The van der Waals surface area contributed by atoms with Crippen molar-refractivity contribution < 1.29 is 34.5 Å². The van der Waals surface area contributed by atoms with Gasteiger partial charge >= 0.3 is 59.1 Å². The first-order valence-electron chi connectivity index (χ1n) is 9.99. The summed E-state index contributed by atoms with van der Waals surface area (Å²) in [7, 11) is 0. The van der Waals surface area contributed by atoms with Crippen LogP contribution in [0.25, 0.3) is 0 Å². The number of hydrogen-bond acceptors (Lipinski definition) is 6. The van der Waals surface area contributed by atoms with E-state index >= 15 is 0 Å². The number of carboxylic acid groups (broad SMARTS) is 3. The molecule has 0 saturated carbocycles. The van der Waals surface area contributed by atoms with E-state index in [2.05, 4.69) is 6.92 Å². The van der Waals surface area contributed by atoms with Gasteiger partial charge in [0, 0.05) is 33.7 Å². The average Bonchev–Trinajstić information content (AvgIpc) is 2.58. The third-order valence-corrected chi connectivity index (χ3v) is 3.19. The van der Waals surface area contributed by atoms with Crippen molar-refractivity contribution in [1.29, 1.82) is 0 Å². The molecule has 0 heterocycles. The van der Waals surface area contributed by atoms with Crippen LogP contribution in [-0.4, -0.2) is 111 Å². The first-order chi connectivity index (χ1) is 13.4. The Bertz CT molecular complexity index is 386. The summed E-state index contributed by atoms with van der Waals surface area (Å²) in [6.07, 6.45) is 12.0. The molecular formula is C20H44N2Na2O7.